The highest BCUT2D eigenvalue weighted by Gasteiger charge is 2.16. The van der Waals surface area contributed by atoms with E-state index in [-0.39, 0.29) is 5.75 Å². The van der Waals surface area contributed by atoms with Gasteiger partial charge < -0.3 is 4.57 Å². The molecular weight excluding hydrogens is 310 g/mol. The quantitative estimate of drug-likeness (QED) is 0.742. The number of sulfone groups is 1. The second-order valence-electron chi connectivity index (χ2n) is 6.10. The van der Waals surface area contributed by atoms with E-state index in [1.165, 1.54) is 12.1 Å². The van der Waals surface area contributed by atoms with Gasteiger partial charge >= 0.3 is 0 Å². The molecule has 0 bridgehead atoms. The van der Waals surface area contributed by atoms with E-state index in [1.807, 2.05) is 18.2 Å². The lowest BCUT2D eigenvalue weighted by molar-refractivity contribution is 0.600. The zero-order valence-corrected chi connectivity index (χ0v) is 13.7. The first-order chi connectivity index (χ1) is 11.0. The molecule has 3 aromatic rings. The molecule has 0 saturated carbocycles. The normalized spacial score (nSPS) is 14.3. The Kier molecular flexibility index (Phi) is 3.23. The molecule has 3 heterocycles. The van der Waals surface area contributed by atoms with E-state index in [1.54, 1.807) is 12.3 Å². The average Bonchev–Trinajstić information content (AvgIpc) is 3.06. The number of aryl methyl sites for hydroxylation is 2. The summed E-state index contributed by atoms with van der Waals surface area (Å²) >= 11 is 0. The van der Waals surface area contributed by atoms with Gasteiger partial charge in [0.1, 0.15) is 5.82 Å². The molecule has 1 aliphatic heterocycles. The summed E-state index contributed by atoms with van der Waals surface area (Å²) < 4.78 is 24.9. The molecule has 118 valence electrons. The van der Waals surface area contributed by atoms with Crippen molar-refractivity contribution < 1.29 is 8.42 Å². The number of nitrogens with zero attached hydrogens (tertiary/aromatic N) is 3. The van der Waals surface area contributed by atoms with Gasteiger partial charge in [0.2, 0.25) is 0 Å². The minimum atomic E-state index is -3.06. The van der Waals surface area contributed by atoms with Crippen LogP contribution in [0.15, 0.2) is 36.5 Å². The molecule has 1 aliphatic rings. The van der Waals surface area contributed by atoms with Crippen molar-refractivity contribution in [3.05, 3.63) is 48.0 Å². The molecule has 0 aliphatic carbocycles. The molecule has 0 saturated heterocycles. The third-order valence-electron chi connectivity index (χ3n) is 4.18. The molecule has 2 aromatic heterocycles. The summed E-state index contributed by atoms with van der Waals surface area (Å²) in [7, 11) is -3.06. The molecule has 4 rings (SSSR count). The van der Waals surface area contributed by atoms with Crippen LogP contribution in [0.5, 0.6) is 0 Å². The van der Waals surface area contributed by atoms with E-state index in [0.29, 0.717) is 5.69 Å². The average molecular weight is 327 g/mol. The Hall–Kier alpha value is -2.21. The van der Waals surface area contributed by atoms with Crippen molar-refractivity contribution in [2.75, 3.05) is 6.26 Å². The molecule has 6 heteroatoms. The molecule has 0 amide bonds. The Balaban J connectivity index is 1.71. The van der Waals surface area contributed by atoms with Crippen LogP contribution < -0.4 is 0 Å². The van der Waals surface area contributed by atoms with Crippen LogP contribution in [-0.2, 0) is 28.6 Å². The molecule has 0 unspecified atom stereocenters. The van der Waals surface area contributed by atoms with E-state index in [4.69, 9.17) is 0 Å². The minimum absolute atomic E-state index is 0.0254. The fraction of sp³-hybridized carbons (Fsp3) is 0.294. The van der Waals surface area contributed by atoms with Crippen molar-refractivity contribution in [3.63, 3.8) is 0 Å². The second-order valence-corrected chi connectivity index (χ2v) is 8.24. The Bertz CT molecular complexity index is 989. The summed E-state index contributed by atoms with van der Waals surface area (Å²) in [5.41, 5.74) is 4.83. The van der Waals surface area contributed by atoms with Crippen molar-refractivity contribution in [1.82, 2.24) is 14.5 Å². The number of imidazole rings is 1. The van der Waals surface area contributed by atoms with Gasteiger partial charge in [-0.1, -0.05) is 12.1 Å². The molecule has 0 atom stereocenters. The Labute approximate surface area is 134 Å². The fourth-order valence-electron chi connectivity index (χ4n) is 3.14. The van der Waals surface area contributed by atoms with Gasteiger partial charge in [0, 0.05) is 31.0 Å². The van der Waals surface area contributed by atoms with Crippen LogP contribution in [0.25, 0.3) is 22.2 Å². The number of benzene rings is 1. The second kappa shape index (κ2) is 5.16. The summed E-state index contributed by atoms with van der Waals surface area (Å²) in [5, 5.41) is 0. The molecule has 0 fully saturated rings. The van der Waals surface area contributed by atoms with Gasteiger partial charge in [-0.3, -0.25) is 4.98 Å². The first-order valence-electron chi connectivity index (χ1n) is 7.62. The third kappa shape index (κ3) is 2.74. The third-order valence-corrected chi connectivity index (χ3v) is 5.00. The van der Waals surface area contributed by atoms with Crippen LogP contribution in [0.1, 0.15) is 17.9 Å². The number of hydrogen-bond donors (Lipinski definition) is 0. The van der Waals surface area contributed by atoms with Crippen LogP contribution in [0.3, 0.4) is 0 Å². The van der Waals surface area contributed by atoms with Crippen molar-refractivity contribution in [1.29, 1.82) is 0 Å². The number of rotatable bonds is 3. The summed E-state index contributed by atoms with van der Waals surface area (Å²) in [5.74, 6) is 1.14. The maximum Gasteiger partial charge on any atom is 0.153 e. The van der Waals surface area contributed by atoms with Crippen molar-refractivity contribution in [3.8, 4) is 11.1 Å². The molecule has 23 heavy (non-hydrogen) atoms. The highest BCUT2D eigenvalue weighted by atomic mass is 32.2. The van der Waals surface area contributed by atoms with Gasteiger partial charge in [0.25, 0.3) is 0 Å². The maximum atomic E-state index is 11.3. The number of aromatic nitrogens is 3. The zero-order valence-electron chi connectivity index (χ0n) is 12.9. The molecule has 5 nitrogen and oxygen atoms in total. The number of fused-ring (bicyclic) bond motifs is 3. The van der Waals surface area contributed by atoms with E-state index in [0.717, 1.165) is 41.5 Å². The van der Waals surface area contributed by atoms with Crippen LogP contribution in [-0.4, -0.2) is 29.2 Å². The monoisotopic (exact) mass is 327 g/mol. The highest BCUT2D eigenvalue weighted by molar-refractivity contribution is 7.89. The largest absolute Gasteiger partial charge is 0.328 e. The first-order valence-corrected chi connectivity index (χ1v) is 9.68. The lowest BCUT2D eigenvalue weighted by Gasteiger charge is -2.05. The molecule has 1 aromatic carbocycles. The SMILES string of the molecule is CS(=O)(=O)Cc1ccc(-c2ccc3nc4n(c3c2)CCC4)cn1. The van der Waals surface area contributed by atoms with Crippen LogP contribution in [0.4, 0.5) is 0 Å². The standard InChI is InChI=1S/C17H17N3O2S/c1-23(21,22)11-14-6-4-13(10-18-14)12-5-7-15-16(9-12)20-8-2-3-17(20)19-15/h4-7,9-10H,2-3,8,11H2,1H3. The minimum Gasteiger partial charge on any atom is -0.328 e. The zero-order chi connectivity index (χ0) is 16.0. The molecule has 0 radical (unpaired) electrons. The van der Waals surface area contributed by atoms with Crippen LogP contribution >= 0.6 is 0 Å². The topological polar surface area (TPSA) is 64.8 Å². The van der Waals surface area contributed by atoms with Gasteiger partial charge in [-0.05, 0) is 30.2 Å². The van der Waals surface area contributed by atoms with Gasteiger partial charge in [0.15, 0.2) is 9.84 Å². The smallest absolute Gasteiger partial charge is 0.153 e. The van der Waals surface area contributed by atoms with Crippen molar-refractivity contribution >= 4 is 20.9 Å². The number of hydrogen-bond acceptors (Lipinski definition) is 4. The fourth-order valence-corrected chi connectivity index (χ4v) is 3.85. The van der Waals surface area contributed by atoms with Gasteiger partial charge in [0.05, 0.1) is 22.5 Å². The Morgan fingerprint density at radius 1 is 1.17 bits per heavy atom. The van der Waals surface area contributed by atoms with E-state index < -0.39 is 9.84 Å². The predicted octanol–water partition coefficient (Wildman–Crippen LogP) is 2.59. The Morgan fingerprint density at radius 2 is 2.00 bits per heavy atom. The van der Waals surface area contributed by atoms with E-state index >= 15 is 0 Å². The van der Waals surface area contributed by atoms with Crippen molar-refractivity contribution in [2.24, 2.45) is 0 Å². The maximum absolute atomic E-state index is 11.3. The number of pyridine rings is 1. The van der Waals surface area contributed by atoms with Gasteiger partial charge in [-0.15, -0.1) is 0 Å². The first kappa shape index (κ1) is 14.4. The summed E-state index contributed by atoms with van der Waals surface area (Å²) in [6, 6.07) is 9.93. The summed E-state index contributed by atoms with van der Waals surface area (Å²) in [4.78, 5) is 8.94. The van der Waals surface area contributed by atoms with Gasteiger partial charge in [-0.2, -0.15) is 0 Å². The highest BCUT2D eigenvalue weighted by Crippen LogP contribution is 2.27. The predicted molar refractivity (Wildman–Crippen MR) is 89.8 cm³/mol. The van der Waals surface area contributed by atoms with E-state index in [9.17, 15) is 8.42 Å². The molecule has 0 spiro atoms. The Morgan fingerprint density at radius 3 is 2.74 bits per heavy atom. The summed E-state index contributed by atoms with van der Waals surface area (Å²) in [6.45, 7) is 1.03. The molecular formula is C17H17N3O2S. The van der Waals surface area contributed by atoms with E-state index in [2.05, 4.69) is 20.6 Å². The van der Waals surface area contributed by atoms with Crippen molar-refractivity contribution in [2.45, 2.75) is 25.1 Å². The lowest BCUT2D eigenvalue weighted by atomic mass is 10.1. The lowest BCUT2D eigenvalue weighted by Crippen LogP contribution is -2.02. The summed E-state index contributed by atoms with van der Waals surface area (Å²) in [6.07, 6.45) is 5.16. The van der Waals surface area contributed by atoms with Crippen LogP contribution in [0.2, 0.25) is 0 Å². The van der Waals surface area contributed by atoms with Gasteiger partial charge in [-0.25, -0.2) is 13.4 Å². The van der Waals surface area contributed by atoms with Crippen LogP contribution in [0, 0.1) is 0 Å². The molecule has 0 N–H and O–H groups in total.